The molecule has 2 aromatic rings. The number of nitrogens with two attached hydrogens (primary N) is 1. The van der Waals surface area contributed by atoms with E-state index in [1.807, 2.05) is 33.0 Å². The van der Waals surface area contributed by atoms with E-state index in [9.17, 15) is 35.6 Å². The van der Waals surface area contributed by atoms with Gasteiger partial charge in [-0.15, -0.1) is 0 Å². The first-order valence-corrected chi connectivity index (χ1v) is 12.5. The molecular formula is C27H36F7N3O. The SMILES string of the molecule is CC.CNC(CC(C)N)C1CCCC1c1ccc(F)cc1.O=NCc1cc(C(F)(F)F)cc(C(F)(F)F)c1. The topological polar surface area (TPSA) is 67.5 Å². The summed E-state index contributed by atoms with van der Waals surface area (Å²) in [4.78, 5) is 9.88. The van der Waals surface area contributed by atoms with Crippen LogP contribution in [0.3, 0.4) is 0 Å². The van der Waals surface area contributed by atoms with E-state index in [2.05, 4.69) is 17.4 Å². The van der Waals surface area contributed by atoms with Gasteiger partial charge in [-0.05, 0) is 86.5 Å². The van der Waals surface area contributed by atoms with Gasteiger partial charge in [0, 0.05) is 12.1 Å². The zero-order valence-corrected chi connectivity index (χ0v) is 22.0. The second-order valence-corrected chi connectivity index (χ2v) is 9.06. The second kappa shape index (κ2) is 15.2. The van der Waals surface area contributed by atoms with E-state index in [4.69, 9.17) is 5.73 Å². The van der Waals surface area contributed by atoms with Crippen LogP contribution in [-0.4, -0.2) is 19.1 Å². The Morgan fingerprint density at radius 2 is 1.50 bits per heavy atom. The molecule has 2 aromatic carbocycles. The predicted molar refractivity (Wildman–Crippen MR) is 135 cm³/mol. The Hall–Kier alpha value is -2.53. The van der Waals surface area contributed by atoms with E-state index in [-0.39, 0.29) is 17.9 Å². The second-order valence-electron chi connectivity index (χ2n) is 9.06. The minimum atomic E-state index is -4.90. The Labute approximate surface area is 219 Å². The third kappa shape index (κ3) is 10.3. The van der Waals surface area contributed by atoms with E-state index in [0.717, 1.165) is 6.42 Å². The summed E-state index contributed by atoms with van der Waals surface area (Å²) in [5, 5.41) is 5.70. The summed E-state index contributed by atoms with van der Waals surface area (Å²) in [6.07, 6.45) is -5.12. The molecule has 1 fully saturated rings. The minimum absolute atomic E-state index is 0.00565. The Morgan fingerprint density at radius 3 is 1.92 bits per heavy atom. The highest BCUT2D eigenvalue weighted by Crippen LogP contribution is 2.42. The summed E-state index contributed by atoms with van der Waals surface area (Å²) in [6, 6.07) is 8.63. The Kier molecular flexibility index (Phi) is 13.4. The largest absolute Gasteiger partial charge is 0.416 e. The van der Waals surface area contributed by atoms with Crippen LogP contribution in [0.5, 0.6) is 0 Å². The third-order valence-electron chi connectivity index (χ3n) is 6.28. The number of hydrogen-bond acceptors (Lipinski definition) is 4. The van der Waals surface area contributed by atoms with Gasteiger partial charge in [0.25, 0.3) is 0 Å². The molecule has 1 aliphatic carbocycles. The van der Waals surface area contributed by atoms with Gasteiger partial charge in [0.15, 0.2) is 0 Å². The molecular weight excluding hydrogens is 515 g/mol. The van der Waals surface area contributed by atoms with Crippen molar-refractivity contribution in [1.82, 2.24) is 5.32 Å². The monoisotopic (exact) mass is 551 g/mol. The zero-order valence-electron chi connectivity index (χ0n) is 22.0. The van der Waals surface area contributed by atoms with Gasteiger partial charge >= 0.3 is 12.4 Å². The average Bonchev–Trinajstić information content (AvgIpc) is 3.33. The standard InChI is InChI=1S/C16H25FN2.C9H5F6NO.C2H6/c1-11(18)10-16(19-2)15-5-3-4-14(15)12-6-8-13(17)9-7-12;10-8(11,12)6-1-5(4-16-17)2-7(3-6)9(13,14)15;1-2/h6-9,11,14-16,19H,3-5,10,18H2,1-2H3;1-3H,4H2;1-2H3. The molecule has 1 aliphatic rings. The summed E-state index contributed by atoms with van der Waals surface area (Å²) < 4.78 is 86.8. The summed E-state index contributed by atoms with van der Waals surface area (Å²) in [6.45, 7) is 5.32. The minimum Gasteiger partial charge on any atom is -0.328 e. The molecule has 1 saturated carbocycles. The number of halogens is 7. The fourth-order valence-corrected chi connectivity index (χ4v) is 4.69. The first kappa shape index (κ1) is 33.5. The highest BCUT2D eigenvalue weighted by atomic mass is 19.4. The zero-order chi connectivity index (χ0) is 29.1. The highest BCUT2D eigenvalue weighted by Gasteiger charge is 2.37. The van der Waals surface area contributed by atoms with Gasteiger partial charge in [-0.2, -0.15) is 31.2 Å². The van der Waals surface area contributed by atoms with Crippen molar-refractivity contribution < 1.29 is 30.7 Å². The molecule has 4 atom stereocenters. The average molecular weight is 552 g/mol. The van der Waals surface area contributed by atoms with Crippen molar-refractivity contribution in [2.24, 2.45) is 16.8 Å². The van der Waals surface area contributed by atoms with Gasteiger partial charge in [-0.25, -0.2) is 4.39 Å². The lowest BCUT2D eigenvalue weighted by Crippen LogP contribution is -2.39. The predicted octanol–water partition coefficient (Wildman–Crippen LogP) is 8.05. The Morgan fingerprint density at radius 1 is 0.974 bits per heavy atom. The summed E-state index contributed by atoms with van der Waals surface area (Å²) in [7, 11) is 2.02. The molecule has 0 bridgehead atoms. The van der Waals surface area contributed by atoms with E-state index in [1.54, 1.807) is 12.1 Å². The number of hydrogen-bond donors (Lipinski definition) is 2. The first-order chi connectivity index (χ1) is 17.8. The van der Waals surface area contributed by atoms with Crippen molar-refractivity contribution in [1.29, 1.82) is 0 Å². The molecule has 214 valence electrons. The Balaban J connectivity index is 0.000000359. The van der Waals surface area contributed by atoms with Crippen molar-refractivity contribution in [3.8, 4) is 0 Å². The molecule has 0 aromatic heterocycles. The quantitative estimate of drug-likeness (QED) is 0.270. The maximum Gasteiger partial charge on any atom is 0.416 e. The third-order valence-corrected chi connectivity index (χ3v) is 6.28. The van der Waals surface area contributed by atoms with Crippen LogP contribution in [0.4, 0.5) is 30.7 Å². The van der Waals surface area contributed by atoms with Crippen molar-refractivity contribution in [2.45, 2.75) is 83.4 Å². The van der Waals surface area contributed by atoms with Gasteiger partial charge in [0.2, 0.25) is 0 Å². The van der Waals surface area contributed by atoms with Crippen molar-refractivity contribution in [3.05, 3.63) is 75.4 Å². The molecule has 0 aliphatic heterocycles. The molecule has 4 unspecified atom stereocenters. The molecule has 0 saturated heterocycles. The number of nitroso groups, excluding NO2 is 1. The maximum absolute atomic E-state index is 13.0. The first-order valence-electron chi connectivity index (χ1n) is 12.5. The summed E-state index contributed by atoms with van der Waals surface area (Å²) >= 11 is 0. The molecule has 0 amide bonds. The number of nitrogens with zero attached hydrogens (tertiary/aromatic N) is 1. The van der Waals surface area contributed by atoms with Crippen LogP contribution in [0.15, 0.2) is 47.6 Å². The van der Waals surface area contributed by atoms with Gasteiger partial charge in [0.1, 0.15) is 12.4 Å². The van der Waals surface area contributed by atoms with Gasteiger partial charge in [0.05, 0.1) is 11.1 Å². The van der Waals surface area contributed by atoms with Crippen molar-refractivity contribution in [3.63, 3.8) is 0 Å². The Bertz CT molecular complexity index is 944. The van der Waals surface area contributed by atoms with Crippen LogP contribution in [0.1, 0.15) is 74.6 Å². The number of alkyl halides is 6. The number of rotatable bonds is 7. The lowest BCUT2D eigenvalue weighted by molar-refractivity contribution is -0.143. The molecule has 0 spiro atoms. The van der Waals surface area contributed by atoms with Crippen LogP contribution in [0.2, 0.25) is 0 Å². The van der Waals surface area contributed by atoms with Crippen LogP contribution in [0.25, 0.3) is 0 Å². The van der Waals surface area contributed by atoms with E-state index >= 15 is 0 Å². The maximum atomic E-state index is 13.0. The van der Waals surface area contributed by atoms with Crippen molar-refractivity contribution in [2.75, 3.05) is 7.05 Å². The normalized spacial score (nSPS) is 18.9. The van der Waals surface area contributed by atoms with Crippen LogP contribution >= 0.6 is 0 Å². The smallest absolute Gasteiger partial charge is 0.328 e. The molecule has 38 heavy (non-hydrogen) atoms. The number of benzene rings is 2. The van der Waals surface area contributed by atoms with Crippen LogP contribution < -0.4 is 11.1 Å². The molecule has 3 rings (SSSR count). The van der Waals surface area contributed by atoms with Gasteiger partial charge in [-0.3, -0.25) is 0 Å². The fourth-order valence-electron chi connectivity index (χ4n) is 4.69. The molecule has 0 radical (unpaired) electrons. The van der Waals surface area contributed by atoms with Crippen LogP contribution in [-0.2, 0) is 18.9 Å². The van der Waals surface area contributed by atoms with Crippen LogP contribution in [0, 0.1) is 16.6 Å². The molecule has 11 heteroatoms. The van der Waals surface area contributed by atoms with Gasteiger partial charge in [-0.1, -0.05) is 37.6 Å². The molecule has 3 N–H and O–H groups in total. The highest BCUT2D eigenvalue weighted by molar-refractivity contribution is 5.33. The van der Waals surface area contributed by atoms with E-state index in [1.165, 1.54) is 24.8 Å². The number of nitrogens with one attached hydrogen (secondary N) is 1. The lowest BCUT2D eigenvalue weighted by atomic mass is 9.82. The fraction of sp³-hybridized carbons (Fsp3) is 0.556. The van der Waals surface area contributed by atoms with Crippen molar-refractivity contribution >= 4 is 0 Å². The van der Waals surface area contributed by atoms with E-state index < -0.39 is 35.6 Å². The summed E-state index contributed by atoms with van der Waals surface area (Å²) in [5.41, 5.74) is 3.89. The molecule has 4 nitrogen and oxygen atoms in total. The van der Waals surface area contributed by atoms with E-state index in [0.29, 0.717) is 30.0 Å². The lowest BCUT2D eigenvalue weighted by Gasteiger charge is -2.30. The molecule has 0 heterocycles. The van der Waals surface area contributed by atoms with Gasteiger partial charge < -0.3 is 11.1 Å². The summed E-state index contributed by atoms with van der Waals surface area (Å²) in [5.74, 6) is 0.998.